The molecule has 19 heavy (non-hydrogen) atoms. The summed E-state index contributed by atoms with van der Waals surface area (Å²) in [7, 11) is 0. The van der Waals surface area contributed by atoms with E-state index in [1.165, 1.54) is 0 Å². The minimum absolute atomic E-state index is 0.0677. The van der Waals surface area contributed by atoms with Crippen molar-refractivity contribution in [3.05, 3.63) is 30.1 Å². The Bertz CT molecular complexity index is 461. The maximum atomic E-state index is 12.1. The second kappa shape index (κ2) is 5.82. The largest absolute Gasteiger partial charge is 0.481 e. The number of carbonyl (C=O) groups is 2. The van der Waals surface area contributed by atoms with Gasteiger partial charge in [0.15, 0.2) is 0 Å². The van der Waals surface area contributed by atoms with Gasteiger partial charge in [-0.3, -0.25) is 14.6 Å². The molecule has 0 unspecified atom stereocenters. The maximum Gasteiger partial charge on any atom is 0.306 e. The summed E-state index contributed by atoms with van der Waals surface area (Å²) < 4.78 is 0. The Balaban J connectivity index is 1.90. The first-order chi connectivity index (χ1) is 9.08. The number of aromatic nitrogens is 1. The van der Waals surface area contributed by atoms with Gasteiger partial charge in [0, 0.05) is 12.1 Å². The van der Waals surface area contributed by atoms with Crippen molar-refractivity contribution >= 4 is 11.9 Å². The molecule has 2 N–H and O–H groups in total. The number of hydrogen-bond donors (Lipinski definition) is 2. The Labute approximate surface area is 112 Å². The van der Waals surface area contributed by atoms with Crippen LogP contribution in [0.1, 0.15) is 37.9 Å². The first-order valence-electron chi connectivity index (χ1n) is 6.52. The molecule has 1 aliphatic carbocycles. The van der Waals surface area contributed by atoms with E-state index in [0.717, 1.165) is 5.69 Å². The van der Waals surface area contributed by atoms with Gasteiger partial charge in [-0.25, -0.2) is 0 Å². The summed E-state index contributed by atoms with van der Waals surface area (Å²) in [5.41, 5.74) is 0.809. The minimum atomic E-state index is -0.798. The molecule has 0 aromatic carbocycles. The van der Waals surface area contributed by atoms with E-state index in [1.54, 1.807) is 6.20 Å². The van der Waals surface area contributed by atoms with Crippen LogP contribution in [0.5, 0.6) is 0 Å². The molecule has 5 nitrogen and oxygen atoms in total. The summed E-state index contributed by atoms with van der Waals surface area (Å²) in [4.78, 5) is 27.1. The highest BCUT2D eigenvalue weighted by Gasteiger charge is 2.34. The number of nitrogens with zero attached hydrogens (tertiary/aromatic N) is 1. The third-order valence-corrected chi connectivity index (χ3v) is 3.64. The van der Waals surface area contributed by atoms with Gasteiger partial charge in [-0.1, -0.05) is 6.07 Å². The monoisotopic (exact) mass is 262 g/mol. The van der Waals surface area contributed by atoms with Gasteiger partial charge in [0.05, 0.1) is 17.7 Å². The highest BCUT2D eigenvalue weighted by molar-refractivity contribution is 5.81. The standard InChI is InChI=1S/C14H18N2O3/c1-9(12-4-2-3-7-15-12)16-13(17)10-5-6-11(8-10)14(18)19/h2-4,7,9-11H,5-6,8H2,1H3,(H,16,17)(H,18,19)/t9-,10+,11-/m0/s1. The van der Waals surface area contributed by atoms with E-state index in [0.29, 0.717) is 19.3 Å². The van der Waals surface area contributed by atoms with Gasteiger partial charge in [-0.15, -0.1) is 0 Å². The van der Waals surface area contributed by atoms with E-state index in [4.69, 9.17) is 5.11 Å². The van der Waals surface area contributed by atoms with E-state index >= 15 is 0 Å². The average molecular weight is 262 g/mol. The Kier molecular flexibility index (Phi) is 4.14. The molecule has 1 fully saturated rings. The molecule has 3 atom stereocenters. The lowest BCUT2D eigenvalue weighted by Gasteiger charge is -2.16. The molecule has 2 rings (SSSR count). The molecule has 5 heteroatoms. The maximum absolute atomic E-state index is 12.1. The number of carboxylic acid groups (broad SMARTS) is 1. The Morgan fingerprint density at radius 3 is 2.68 bits per heavy atom. The summed E-state index contributed by atoms with van der Waals surface area (Å²) in [5, 5.41) is 11.8. The second-order valence-electron chi connectivity index (χ2n) is 5.03. The van der Waals surface area contributed by atoms with Gasteiger partial charge < -0.3 is 10.4 Å². The van der Waals surface area contributed by atoms with Crippen molar-refractivity contribution in [2.24, 2.45) is 11.8 Å². The normalized spacial score (nSPS) is 23.8. The number of amides is 1. The summed E-state index contributed by atoms with van der Waals surface area (Å²) in [6, 6.07) is 5.41. The molecular formula is C14H18N2O3. The minimum Gasteiger partial charge on any atom is -0.481 e. The van der Waals surface area contributed by atoms with E-state index < -0.39 is 5.97 Å². The third kappa shape index (κ3) is 3.30. The number of carbonyl (C=O) groups excluding carboxylic acids is 1. The average Bonchev–Trinajstić information content (AvgIpc) is 2.89. The fourth-order valence-electron chi connectivity index (χ4n) is 2.48. The van der Waals surface area contributed by atoms with Crippen LogP contribution in [0.15, 0.2) is 24.4 Å². The van der Waals surface area contributed by atoms with Crippen molar-refractivity contribution < 1.29 is 14.7 Å². The van der Waals surface area contributed by atoms with Crippen molar-refractivity contribution in [3.8, 4) is 0 Å². The quantitative estimate of drug-likeness (QED) is 0.866. The lowest BCUT2D eigenvalue weighted by atomic mass is 10.0. The van der Waals surface area contributed by atoms with Gasteiger partial charge in [0.2, 0.25) is 5.91 Å². The molecule has 0 spiro atoms. The van der Waals surface area contributed by atoms with Crippen LogP contribution >= 0.6 is 0 Å². The zero-order valence-corrected chi connectivity index (χ0v) is 10.9. The van der Waals surface area contributed by atoms with E-state index in [-0.39, 0.29) is 23.8 Å². The molecule has 1 aliphatic rings. The van der Waals surface area contributed by atoms with Gasteiger partial charge in [-0.2, -0.15) is 0 Å². The van der Waals surface area contributed by atoms with Gasteiger partial charge in [-0.05, 0) is 38.3 Å². The zero-order chi connectivity index (χ0) is 13.8. The summed E-state index contributed by atoms with van der Waals surface area (Å²) >= 11 is 0. The number of aliphatic carboxylic acids is 1. The van der Waals surface area contributed by atoms with Crippen LogP contribution < -0.4 is 5.32 Å². The van der Waals surface area contributed by atoms with Crippen LogP contribution in [0.25, 0.3) is 0 Å². The third-order valence-electron chi connectivity index (χ3n) is 3.64. The molecular weight excluding hydrogens is 244 g/mol. The van der Waals surface area contributed by atoms with Gasteiger partial charge in [0.1, 0.15) is 0 Å². The molecule has 1 aromatic heterocycles. The number of rotatable bonds is 4. The molecule has 0 bridgehead atoms. The summed E-state index contributed by atoms with van der Waals surface area (Å²) in [6.45, 7) is 1.88. The Morgan fingerprint density at radius 1 is 1.37 bits per heavy atom. The van der Waals surface area contributed by atoms with Crippen molar-refractivity contribution in [1.82, 2.24) is 10.3 Å². The molecule has 1 heterocycles. The SMILES string of the molecule is C[C@H](NC(=O)[C@@H]1CC[C@H](C(=O)O)C1)c1ccccn1. The molecule has 1 aromatic rings. The van der Waals surface area contributed by atoms with Crippen LogP contribution in [0.3, 0.4) is 0 Å². The lowest BCUT2D eigenvalue weighted by molar-refractivity contribution is -0.141. The van der Waals surface area contributed by atoms with E-state index in [9.17, 15) is 9.59 Å². The highest BCUT2D eigenvalue weighted by atomic mass is 16.4. The van der Waals surface area contributed by atoms with Crippen molar-refractivity contribution in [1.29, 1.82) is 0 Å². The molecule has 1 amide bonds. The van der Waals surface area contributed by atoms with Crippen molar-refractivity contribution in [3.63, 3.8) is 0 Å². The summed E-state index contributed by atoms with van der Waals surface area (Å²) in [6.07, 6.45) is 3.37. The van der Waals surface area contributed by atoms with Crippen LogP contribution in [-0.4, -0.2) is 22.0 Å². The first-order valence-corrected chi connectivity index (χ1v) is 6.52. The van der Waals surface area contributed by atoms with Crippen LogP contribution in [0, 0.1) is 11.8 Å². The topological polar surface area (TPSA) is 79.3 Å². The lowest BCUT2D eigenvalue weighted by Crippen LogP contribution is -2.32. The zero-order valence-electron chi connectivity index (χ0n) is 10.9. The van der Waals surface area contributed by atoms with E-state index in [1.807, 2.05) is 25.1 Å². The molecule has 0 saturated heterocycles. The number of pyridine rings is 1. The fraction of sp³-hybridized carbons (Fsp3) is 0.500. The highest BCUT2D eigenvalue weighted by Crippen LogP contribution is 2.31. The smallest absolute Gasteiger partial charge is 0.306 e. The number of hydrogen-bond acceptors (Lipinski definition) is 3. The van der Waals surface area contributed by atoms with Crippen molar-refractivity contribution in [2.45, 2.75) is 32.2 Å². The van der Waals surface area contributed by atoms with Gasteiger partial charge in [0.25, 0.3) is 0 Å². The van der Waals surface area contributed by atoms with Crippen molar-refractivity contribution in [2.75, 3.05) is 0 Å². The number of nitrogens with one attached hydrogen (secondary N) is 1. The molecule has 0 aliphatic heterocycles. The van der Waals surface area contributed by atoms with Crippen LogP contribution in [0.4, 0.5) is 0 Å². The van der Waals surface area contributed by atoms with Crippen LogP contribution in [-0.2, 0) is 9.59 Å². The molecule has 0 radical (unpaired) electrons. The number of carboxylic acids is 1. The van der Waals surface area contributed by atoms with Gasteiger partial charge >= 0.3 is 5.97 Å². The fourth-order valence-corrected chi connectivity index (χ4v) is 2.48. The Morgan fingerprint density at radius 2 is 2.11 bits per heavy atom. The molecule has 102 valence electrons. The molecule has 1 saturated carbocycles. The van der Waals surface area contributed by atoms with E-state index in [2.05, 4.69) is 10.3 Å². The first kappa shape index (κ1) is 13.5. The summed E-state index contributed by atoms with van der Waals surface area (Å²) in [5.74, 6) is -1.43. The van der Waals surface area contributed by atoms with Crippen LogP contribution in [0.2, 0.25) is 0 Å². The second-order valence-corrected chi connectivity index (χ2v) is 5.03. The predicted molar refractivity (Wildman–Crippen MR) is 69.3 cm³/mol. The Hall–Kier alpha value is -1.91. The predicted octanol–water partition coefficient (Wildman–Crippen LogP) is 1.76.